The molecule has 0 aliphatic rings. The fraction of sp³-hybridized carbons (Fsp3) is 0.333. The first kappa shape index (κ1) is 18.4. The molecule has 0 N–H and O–H groups in total. The lowest BCUT2D eigenvalue weighted by molar-refractivity contribution is 0.373. The molecule has 0 bridgehead atoms. The molecule has 4 aromatic heterocycles. The van der Waals surface area contributed by atoms with Gasteiger partial charge in [-0.2, -0.15) is 4.98 Å². The minimum absolute atomic E-state index is 0.0345. The average Bonchev–Trinajstić information content (AvgIpc) is 3.38. The Labute approximate surface area is 168 Å². The van der Waals surface area contributed by atoms with E-state index in [2.05, 4.69) is 10.1 Å². The van der Waals surface area contributed by atoms with E-state index in [0.29, 0.717) is 22.3 Å². The molecule has 0 aliphatic heterocycles. The highest BCUT2D eigenvalue weighted by Crippen LogP contribution is 2.37. The molecule has 4 heterocycles. The van der Waals surface area contributed by atoms with Crippen LogP contribution in [0.25, 0.3) is 20.7 Å². The van der Waals surface area contributed by atoms with Crippen molar-refractivity contribution in [2.45, 2.75) is 37.1 Å². The van der Waals surface area contributed by atoms with Gasteiger partial charge in [-0.3, -0.25) is 9.36 Å². The molecule has 0 radical (unpaired) electrons. The molecule has 0 fully saturated rings. The summed E-state index contributed by atoms with van der Waals surface area (Å²) in [5.41, 5.74) is 0.925. The molecular formula is C18H18N4O2S3. The van der Waals surface area contributed by atoms with Gasteiger partial charge in [-0.05, 0) is 18.4 Å². The lowest BCUT2D eigenvalue weighted by atomic mass is 10.2. The van der Waals surface area contributed by atoms with Crippen LogP contribution in [0.3, 0.4) is 0 Å². The van der Waals surface area contributed by atoms with Crippen molar-refractivity contribution in [3.63, 3.8) is 0 Å². The number of nitrogens with zero attached hydrogens (tertiary/aromatic N) is 4. The van der Waals surface area contributed by atoms with E-state index in [9.17, 15) is 4.79 Å². The molecule has 4 rings (SSSR count). The Bertz CT molecular complexity index is 1140. The van der Waals surface area contributed by atoms with Crippen LogP contribution < -0.4 is 5.56 Å². The Hall–Kier alpha value is -1.97. The quantitative estimate of drug-likeness (QED) is 0.332. The number of fused-ring (bicyclic) bond motifs is 1. The van der Waals surface area contributed by atoms with E-state index in [1.807, 2.05) is 43.7 Å². The van der Waals surface area contributed by atoms with Gasteiger partial charge < -0.3 is 4.52 Å². The predicted molar refractivity (Wildman–Crippen MR) is 111 cm³/mol. The maximum atomic E-state index is 13.0. The molecule has 0 amide bonds. The zero-order chi connectivity index (χ0) is 19.1. The first-order valence-electron chi connectivity index (χ1n) is 8.48. The number of hydrogen-bond acceptors (Lipinski definition) is 8. The van der Waals surface area contributed by atoms with Crippen molar-refractivity contribution in [1.82, 2.24) is 19.7 Å². The second-order valence-electron chi connectivity index (χ2n) is 6.47. The minimum atomic E-state index is -0.0997. The van der Waals surface area contributed by atoms with Crippen LogP contribution in [0.2, 0.25) is 0 Å². The third-order valence-electron chi connectivity index (χ3n) is 4.16. The van der Waals surface area contributed by atoms with Crippen molar-refractivity contribution < 1.29 is 4.52 Å². The molecule has 0 aliphatic carbocycles. The van der Waals surface area contributed by atoms with Crippen LogP contribution in [-0.4, -0.2) is 19.7 Å². The van der Waals surface area contributed by atoms with E-state index in [4.69, 9.17) is 9.51 Å². The highest BCUT2D eigenvalue weighted by Gasteiger charge is 2.21. The fourth-order valence-electron chi connectivity index (χ4n) is 2.63. The molecule has 1 unspecified atom stereocenters. The molecule has 4 aromatic rings. The lowest BCUT2D eigenvalue weighted by Gasteiger charge is -2.10. The van der Waals surface area contributed by atoms with Crippen molar-refractivity contribution in [2.24, 2.45) is 7.05 Å². The molecule has 0 saturated carbocycles. The van der Waals surface area contributed by atoms with Gasteiger partial charge in [0, 0.05) is 28.8 Å². The first-order chi connectivity index (χ1) is 13.0. The number of thioether (sulfide) groups is 1. The van der Waals surface area contributed by atoms with Gasteiger partial charge in [0.05, 0.1) is 10.6 Å². The van der Waals surface area contributed by atoms with Gasteiger partial charge in [0.25, 0.3) is 5.56 Å². The molecule has 1 atom stereocenters. The summed E-state index contributed by atoms with van der Waals surface area (Å²) < 4.78 is 6.98. The SMILES string of the molecule is CC(C)c1noc(C(C)Sc2nc3scc(-c4cccs4)c3c(=O)n2C)n1. The molecule has 0 spiro atoms. The largest absolute Gasteiger partial charge is 0.338 e. The minimum Gasteiger partial charge on any atom is -0.338 e. The van der Waals surface area contributed by atoms with E-state index >= 15 is 0 Å². The standard InChI is InChI=1S/C18H18N4O2S3/c1-9(2)14-19-15(24-21-14)10(3)27-18-20-16-13(17(23)22(18)4)11(8-26-16)12-6-5-7-25-12/h5-10H,1-4H3. The average molecular weight is 419 g/mol. The molecular weight excluding hydrogens is 400 g/mol. The number of aromatic nitrogens is 4. The summed E-state index contributed by atoms with van der Waals surface area (Å²) in [6, 6.07) is 4.02. The Kier molecular flexibility index (Phi) is 4.92. The van der Waals surface area contributed by atoms with Crippen molar-refractivity contribution in [2.75, 3.05) is 0 Å². The lowest BCUT2D eigenvalue weighted by Crippen LogP contribution is -2.19. The highest BCUT2D eigenvalue weighted by atomic mass is 32.2. The van der Waals surface area contributed by atoms with Gasteiger partial charge in [0.15, 0.2) is 11.0 Å². The molecule has 27 heavy (non-hydrogen) atoms. The molecule has 0 saturated heterocycles. The van der Waals surface area contributed by atoms with Crippen LogP contribution in [0.5, 0.6) is 0 Å². The number of thiophene rings is 2. The van der Waals surface area contributed by atoms with Crippen LogP contribution >= 0.6 is 34.4 Å². The summed E-state index contributed by atoms with van der Waals surface area (Å²) >= 11 is 4.57. The Morgan fingerprint density at radius 1 is 1.22 bits per heavy atom. The molecule has 6 nitrogen and oxygen atoms in total. The van der Waals surface area contributed by atoms with Crippen LogP contribution in [0, 0.1) is 0 Å². The summed E-state index contributed by atoms with van der Waals surface area (Å²) in [6.07, 6.45) is 0. The normalized spacial score (nSPS) is 12.9. The topological polar surface area (TPSA) is 73.8 Å². The zero-order valence-electron chi connectivity index (χ0n) is 15.3. The molecule has 140 valence electrons. The van der Waals surface area contributed by atoms with Gasteiger partial charge in [0.2, 0.25) is 5.89 Å². The summed E-state index contributed by atoms with van der Waals surface area (Å²) in [7, 11) is 1.76. The summed E-state index contributed by atoms with van der Waals surface area (Å²) in [5.74, 6) is 1.44. The second kappa shape index (κ2) is 7.21. The second-order valence-corrected chi connectivity index (χ2v) is 9.58. The Morgan fingerprint density at radius 3 is 2.70 bits per heavy atom. The van der Waals surface area contributed by atoms with Gasteiger partial charge in [0.1, 0.15) is 4.83 Å². The van der Waals surface area contributed by atoms with Crippen molar-refractivity contribution in [3.8, 4) is 10.4 Å². The van der Waals surface area contributed by atoms with Crippen LogP contribution in [-0.2, 0) is 7.05 Å². The smallest absolute Gasteiger partial charge is 0.263 e. The third kappa shape index (κ3) is 3.35. The summed E-state index contributed by atoms with van der Waals surface area (Å²) in [4.78, 5) is 24.0. The van der Waals surface area contributed by atoms with Gasteiger partial charge >= 0.3 is 0 Å². The Morgan fingerprint density at radius 2 is 2.04 bits per heavy atom. The fourth-order valence-corrected chi connectivity index (χ4v) is 5.33. The highest BCUT2D eigenvalue weighted by molar-refractivity contribution is 7.99. The van der Waals surface area contributed by atoms with E-state index in [-0.39, 0.29) is 16.7 Å². The Balaban J connectivity index is 1.70. The monoisotopic (exact) mass is 418 g/mol. The van der Waals surface area contributed by atoms with Crippen LogP contribution in [0.1, 0.15) is 43.7 Å². The van der Waals surface area contributed by atoms with Crippen LogP contribution in [0.15, 0.2) is 37.4 Å². The predicted octanol–water partition coefficient (Wildman–Crippen LogP) is 5.08. The first-order valence-corrected chi connectivity index (χ1v) is 11.1. The number of hydrogen-bond donors (Lipinski definition) is 0. The van der Waals surface area contributed by atoms with Crippen molar-refractivity contribution in [1.29, 1.82) is 0 Å². The third-order valence-corrected chi connectivity index (χ3v) is 7.07. The maximum Gasteiger partial charge on any atom is 0.263 e. The van der Waals surface area contributed by atoms with E-state index < -0.39 is 0 Å². The van der Waals surface area contributed by atoms with Crippen molar-refractivity contribution >= 4 is 44.7 Å². The van der Waals surface area contributed by atoms with Gasteiger partial charge in [-0.1, -0.05) is 36.8 Å². The van der Waals surface area contributed by atoms with Crippen molar-refractivity contribution in [3.05, 3.63) is 45.0 Å². The van der Waals surface area contributed by atoms with E-state index in [1.165, 1.54) is 23.1 Å². The molecule has 0 aromatic carbocycles. The summed E-state index contributed by atoms with van der Waals surface area (Å²) in [6.45, 7) is 6.02. The van der Waals surface area contributed by atoms with Gasteiger partial charge in [-0.15, -0.1) is 22.7 Å². The van der Waals surface area contributed by atoms with Gasteiger partial charge in [-0.25, -0.2) is 4.98 Å². The van der Waals surface area contributed by atoms with E-state index in [0.717, 1.165) is 15.3 Å². The molecule has 9 heteroatoms. The maximum absolute atomic E-state index is 13.0. The van der Waals surface area contributed by atoms with Crippen LogP contribution in [0.4, 0.5) is 0 Å². The van der Waals surface area contributed by atoms with E-state index in [1.54, 1.807) is 23.0 Å². The summed E-state index contributed by atoms with van der Waals surface area (Å²) in [5, 5.41) is 9.26. The number of rotatable bonds is 5. The zero-order valence-corrected chi connectivity index (χ0v) is 17.7.